The van der Waals surface area contributed by atoms with Gasteiger partial charge in [-0.2, -0.15) is 5.06 Å². The van der Waals surface area contributed by atoms with Gasteiger partial charge in [0.25, 0.3) is 0 Å². The van der Waals surface area contributed by atoms with Crippen molar-refractivity contribution in [2.75, 3.05) is 50.8 Å². The van der Waals surface area contributed by atoms with Gasteiger partial charge in [-0.1, -0.05) is 30.2 Å². The molecule has 9 nitrogen and oxygen atoms in total. The molecule has 2 aliphatic heterocycles. The van der Waals surface area contributed by atoms with Crippen molar-refractivity contribution >= 4 is 11.7 Å². The fraction of sp³-hybridized carbons (Fsp3) is 0.519. The molecule has 3 aliphatic rings. The minimum absolute atomic E-state index is 0.0668. The summed E-state index contributed by atoms with van der Waals surface area (Å²) < 4.78 is 0. The van der Waals surface area contributed by atoms with Gasteiger partial charge in [0.2, 0.25) is 5.91 Å². The molecular weight excluding hydrogens is 456 g/mol. The molecule has 2 aromatic rings. The van der Waals surface area contributed by atoms with Crippen LogP contribution in [0, 0.1) is 17.3 Å². The number of piperidine rings is 1. The second-order valence-corrected chi connectivity index (χ2v) is 9.90. The number of nitrogens with zero attached hydrogens (tertiary/aromatic N) is 5. The maximum Gasteiger partial charge on any atom is 0.219 e. The Kier molecular flexibility index (Phi) is 7.21. The number of nitrogens with two attached hydrogens (primary N) is 1. The number of carbonyl (C=O) groups excluding carboxylic acids is 1. The average molecular weight is 491 g/mol. The first-order valence-electron chi connectivity index (χ1n) is 12.7. The fourth-order valence-electron chi connectivity index (χ4n) is 5.70. The molecule has 1 atom stereocenters. The molecule has 2 fully saturated rings. The number of aromatic nitrogens is 2. The van der Waals surface area contributed by atoms with E-state index < -0.39 is 0 Å². The van der Waals surface area contributed by atoms with Gasteiger partial charge in [0, 0.05) is 52.2 Å². The van der Waals surface area contributed by atoms with Crippen molar-refractivity contribution in [1.82, 2.24) is 19.9 Å². The van der Waals surface area contributed by atoms with Crippen molar-refractivity contribution in [3.63, 3.8) is 0 Å². The van der Waals surface area contributed by atoms with Crippen molar-refractivity contribution < 1.29 is 14.7 Å². The summed E-state index contributed by atoms with van der Waals surface area (Å²) in [5, 5.41) is 11.8. The lowest BCUT2D eigenvalue weighted by Crippen LogP contribution is -2.47. The SMILES string of the molecule is CC(=O)N1CCN(OCC#Cc2cnc(N3CCC4(CC3)Cc3ccccc3[C@H]4N)c(CO)n2)CC1. The topological polar surface area (TPSA) is 108 Å². The smallest absolute Gasteiger partial charge is 0.219 e. The highest BCUT2D eigenvalue weighted by Crippen LogP contribution is 2.50. The lowest BCUT2D eigenvalue weighted by atomic mass is 9.73. The van der Waals surface area contributed by atoms with Crippen molar-refractivity contribution in [1.29, 1.82) is 0 Å². The van der Waals surface area contributed by atoms with E-state index in [0.29, 0.717) is 37.6 Å². The Balaban J connectivity index is 1.16. The number of amides is 1. The van der Waals surface area contributed by atoms with Crippen LogP contribution in [0.15, 0.2) is 30.5 Å². The Hall–Kier alpha value is -3.03. The first-order valence-corrected chi connectivity index (χ1v) is 12.7. The van der Waals surface area contributed by atoms with Crippen molar-refractivity contribution in [3.8, 4) is 11.8 Å². The van der Waals surface area contributed by atoms with Crippen molar-refractivity contribution in [2.45, 2.75) is 38.8 Å². The van der Waals surface area contributed by atoms with Gasteiger partial charge in [-0.05, 0) is 41.7 Å². The molecule has 9 heteroatoms. The number of hydroxylamine groups is 2. The Bertz CT molecular complexity index is 1160. The van der Waals surface area contributed by atoms with Crippen LogP contribution >= 0.6 is 0 Å². The minimum Gasteiger partial charge on any atom is -0.390 e. The zero-order chi connectivity index (χ0) is 25.1. The van der Waals surface area contributed by atoms with E-state index in [0.717, 1.165) is 38.2 Å². The lowest BCUT2D eigenvalue weighted by molar-refractivity contribution is -0.170. The number of aliphatic hydroxyl groups is 1. The van der Waals surface area contributed by atoms with E-state index in [9.17, 15) is 9.90 Å². The summed E-state index contributed by atoms with van der Waals surface area (Å²) in [5.41, 5.74) is 10.5. The Morgan fingerprint density at radius 3 is 2.64 bits per heavy atom. The second kappa shape index (κ2) is 10.5. The van der Waals surface area contributed by atoms with Crippen LogP contribution in [0.3, 0.4) is 0 Å². The second-order valence-electron chi connectivity index (χ2n) is 9.90. The van der Waals surface area contributed by atoms with E-state index in [1.807, 2.05) is 9.96 Å². The molecule has 1 aromatic carbocycles. The quantitative estimate of drug-likeness (QED) is 0.617. The normalized spacial score (nSPS) is 21.2. The molecule has 1 aliphatic carbocycles. The lowest BCUT2D eigenvalue weighted by Gasteiger charge is -2.42. The van der Waals surface area contributed by atoms with Crippen LogP contribution in [0.25, 0.3) is 0 Å². The number of hydrogen-bond donors (Lipinski definition) is 2. The maximum absolute atomic E-state index is 11.4. The average Bonchev–Trinajstić information content (AvgIpc) is 3.18. The molecule has 0 bridgehead atoms. The Labute approximate surface area is 212 Å². The number of fused-ring (bicyclic) bond motifs is 1. The maximum atomic E-state index is 11.4. The van der Waals surface area contributed by atoms with Gasteiger partial charge in [-0.25, -0.2) is 9.97 Å². The van der Waals surface area contributed by atoms with Gasteiger partial charge in [0.05, 0.1) is 12.8 Å². The highest BCUT2D eigenvalue weighted by Gasteiger charge is 2.46. The number of rotatable bonds is 4. The van der Waals surface area contributed by atoms with Crippen LogP contribution in [0.1, 0.15) is 48.3 Å². The summed E-state index contributed by atoms with van der Waals surface area (Å²) in [6.07, 6.45) is 4.65. The summed E-state index contributed by atoms with van der Waals surface area (Å²) in [6.45, 7) is 5.94. The molecule has 36 heavy (non-hydrogen) atoms. The highest BCUT2D eigenvalue weighted by molar-refractivity contribution is 5.73. The van der Waals surface area contributed by atoms with Crippen LogP contribution in [-0.2, 0) is 22.7 Å². The molecule has 190 valence electrons. The number of aliphatic hydroxyl groups excluding tert-OH is 1. The molecule has 2 saturated heterocycles. The van der Waals surface area contributed by atoms with Gasteiger partial charge in [0.1, 0.15) is 18.0 Å². The third kappa shape index (κ3) is 4.95. The molecule has 3 N–H and O–H groups in total. The zero-order valence-electron chi connectivity index (χ0n) is 20.8. The first kappa shape index (κ1) is 24.7. The summed E-state index contributed by atoms with van der Waals surface area (Å²) in [6, 6.07) is 8.59. The Morgan fingerprint density at radius 2 is 1.94 bits per heavy atom. The van der Waals surface area contributed by atoms with E-state index in [-0.39, 0.29) is 30.6 Å². The molecule has 1 aromatic heterocycles. The molecular formula is C27H34N6O3. The monoisotopic (exact) mass is 490 g/mol. The molecule has 0 unspecified atom stereocenters. The predicted octanol–water partition coefficient (Wildman–Crippen LogP) is 1.26. The highest BCUT2D eigenvalue weighted by atomic mass is 16.7. The molecule has 3 heterocycles. The van der Waals surface area contributed by atoms with E-state index in [1.54, 1.807) is 13.1 Å². The molecule has 5 rings (SSSR count). The van der Waals surface area contributed by atoms with Crippen LogP contribution < -0.4 is 10.6 Å². The van der Waals surface area contributed by atoms with E-state index in [2.05, 4.69) is 51.0 Å². The van der Waals surface area contributed by atoms with Gasteiger partial charge < -0.3 is 20.6 Å². The third-order valence-electron chi connectivity index (χ3n) is 7.84. The van der Waals surface area contributed by atoms with E-state index in [4.69, 9.17) is 10.6 Å². The van der Waals surface area contributed by atoms with E-state index >= 15 is 0 Å². The first-order chi connectivity index (χ1) is 17.5. The molecule has 1 spiro atoms. The van der Waals surface area contributed by atoms with Gasteiger partial charge in [-0.15, -0.1) is 0 Å². The minimum atomic E-state index is -0.193. The van der Waals surface area contributed by atoms with Crippen molar-refractivity contribution in [3.05, 3.63) is 53.0 Å². The number of carbonyl (C=O) groups is 1. The van der Waals surface area contributed by atoms with Crippen molar-refractivity contribution in [2.24, 2.45) is 11.1 Å². The number of piperazine rings is 1. The summed E-state index contributed by atoms with van der Waals surface area (Å²) in [4.78, 5) is 30.3. The standard InChI is InChI=1S/C27H34N6O3/c1-20(35)31-12-14-33(15-13-31)36-16-4-6-22-18-29-26(24(19-34)30-22)32-10-8-27(9-11-32)17-21-5-2-3-7-23(21)25(27)28/h2-3,5,7,18,25,34H,8-17,19,28H2,1H3/t25-/m1/s1. The summed E-state index contributed by atoms with van der Waals surface area (Å²) >= 11 is 0. The van der Waals surface area contributed by atoms with Gasteiger partial charge in [-0.3, -0.25) is 9.63 Å². The summed E-state index contributed by atoms with van der Waals surface area (Å²) in [7, 11) is 0. The number of benzene rings is 1. The summed E-state index contributed by atoms with van der Waals surface area (Å²) in [5.74, 6) is 6.77. The van der Waals surface area contributed by atoms with Gasteiger partial charge in [0.15, 0.2) is 5.82 Å². The largest absolute Gasteiger partial charge is 0.390 e. The zero-order valence-corrected chi connectivity index (χ0v) is 20.8. The molecule has 0 radical (unpaired) electrons. The van der Waals surface area contributed by atoms with Crippen LogP contribution in [0.4, 0.5) is 5.82 Å². The van der Waals surface area contributed by atoms with E-state index in [1.165, 1.54) is 11.1 Å². The van der Waals surface area contributed by atoms with Crippen LogP contribution in [0.2, 0.25) is 0 Å². The predicted molar refractivity (Wildman–Crippen MR) is 136 cm³/mol. The molecule has 1 amide bonds. The van der Waals surface area contributed by atoms with Crippen LogP contribution in [-0.4, -0.2) is 76.8 Å². The Morgan fingerprint density at radius 1 is 1.19 bits per heavy atom. The number of hydrogen-bond acceptors (Lipinski definition) is 8. The van der Waals surface area contributed by atoms with Gasteiger partial charge >= 0.3 is 0 Å². The fourth-order valence-corrected chi connectivity index (χ4v) is 5.70. The molecule has 0 saturated carbocycles. The van der Waals surface area contributed by atoms with Crippen LogP contribution in [0.5, 0.6) is 0 Å². The third-order valence-corrected chi connectivity index (χ3v) is 7.84. The number of anilines is 1.